The first-order valence-corrected chi connectivity index (χ1v) is 14.7. The van der Waals surface area contributed by atoms with Crippen LogP contribution in [0.25, 0.3) is 0 Å². The molecule has 0 aromatic heterocycles. The highest BCUT2D eigenvalue weighted by Gasteiger charge is 2.47. The fourth-order valence-electron chi connectivity index (χ4n) is 5.28. The Hall–Kier alpha value is -3.97. The molecule has 0 aliphatic rings. The van der Waals surface area contributed by atoms with Crippen LogP contribution in [0.4, 0.5) is 17.1 Å². The van der Waals surface area contributed by atoms with Crippen LogP contribution in [-0.2, 0) is 0 Å². The van der Waals surface area contributed by atoms with Gasteiger partial charge in [-0.2, -0.15) is 0 Å². The van der Waals surface area contributed by atoms with Crippen molar-refractivity contribution in [1.29, 1.82) is 0 Å². The van der Waals surface area contributed by atoms with Gasteiger partial charge in [-0.15, -0.1) is 0 Å². The van der Waals surface area contributed by atoms with Crippen molar-refractivity contribution in [2.75, 3.05) is 4.90 Å². The van der Waals surface area contributed by atoms with Gasteiger partial charge in [-0.05, 0) is 84.9 Å². The summed E-state index contributed by atoms with van der Waals surface area (Å²) in [5.74, 6) is 0. The maximum absolute atomic E-state index is 2.34. The molecule has 0 saturated heterocycles. The molecule has 0 radical (unpaired) electrons. The number of para-hydroxylation sites is 2. The summed E-state index contributed by atoms with van der Waals surface area (Å²) in [7, 11) is -2.12. The Balaban J connectivity index is 0.00000308. The summed E-state index contributed by atoms with van der Waals surface area (Å²) in [5.41, 5.74) is 3.42. The molecular weight excluding hydrogens is 557 g/mol. The maximum Gasteiger partial charge on any atom is 0.144 e. The molecule has 0 saturated carbocycles. The molecule has 0 bridgehead atoms. The molecule has 3 heteroatoms. The van der Waals surface area contributed by atoms with Crippen LogP contribution < -0.4 is 43.1 Å². The molecule has 1 nitrogen and oxygen atoms in total. The lowest BCUT2D eigenvalue weighted by molar-refractivity contribution is -0.00000717. The van der Waals surface area contributed by atoms with Crippen molar-refractivity contribution >= 4 is 45.5 Å². The number of hydrogen-bond donors (Lipinski definition) is 0. The molecule has 190 valence electrons. The van der Waals surface area contributed by atoms with Crippen LogP contribution in [0.5, 0.6) is 0 Å². The summed E-state index contributed by atoms with van der Waals surface area (Å²) < 4.78 is 0. The van der Waals surface area contributed by atoms with E-state index in [4.69, 9.17) is 0 Å². The van der Waals surface area contributed by atoms with Crippen LogP contribution in [0, 0.1) is 0 Å². The zero-order chi connectivity index (χ0) is 25.6. The van der Waals surface area contributed by atoms with Crippen LogP contribution >= 0.6 is 7.26 Å². The summed E-state index contributed by atoms with van der Waals surface area (Å²) in [6.07, 6.45) is 0. The molecule has 0 unspecified atom stereocenters. The fourth-order valence-corrected chi connectivity index (χ4v) is 9.52. The van der Waals surface area contributed by atoms with Crippen LogP contribution in [0.2, 0.25) is 0 Å². The third kappa shape index (κ3) is 5.19. The zero-order valence-corrected chi connectivity index (χ0v) is 24.0. The van der Waals surface area contributed by atoms with E-state index in [1.54, 1.807) is 0 Å². The highest BCUT2D eigenvalue weighted by molar-refractivity contribution is 8.01. The topological polar surface area (TPSA) is 3.24 Å². The highest BCUT2D eigenvalue weighted by Crippen LogP contribution is 2.54. The van der Waals surface area contributed by atoms with Crippen LogP contribution in [-0.4, -0.2) is 0 Å². The molecule has 0 amide bonds. The van der Waals surface area contributed by atoms with Crippen LogP contribution in [0.1, 0.15) is 0 Å². The lowest BCUT2D eigenvalue weighted by Crippen LogP contribution is -3.00. The maximum atomic E-state index is 2.34. The minimum atomic E-state index is -2.12. The molecule has 0 fully saturated rings. The Kier molecular flexibility index (Phi) is 8.37. The summed E-state index contributed by atoms with van der Waals surface area (Å²) in [5, 5.41) is 5.40. The van der Waals surface area contributed by atoms with Crippen molar-refractivity contribution in [2.45, 2.75) is 0 Å². The summed E-state index contributed by atoms with van der Waals surface area (Å²) in [4.78, 5) is 2.32. The first-order valence-electron chi connectivity index (χ1n) is 12.9. The molecule has 0 spiro atoms. The summed E-state index contributed by atoms with van der Waals surface area (Å²) in [6, 6.07) is 63.5. The molecule has 0 aliphatic heterocycles. The smallest absolute Gasteiger partial charge is 0.144 e. The Morgan fingerprint density at radius 1 is 0.282 bits per heavy atom. The van der Waals surface area contributed by atoms with E-state index in [9.17, 15) is 0 Å². The van der Waals surface area contributed by atoms with Gasteiger partial charge in [0.1, 0.15) is 28.5 Å². The van der Waals surface area contributed by atoms with Gasteiger partial charge in [0.25, 0.3) is 0 Å². The van der Waals surface area contributed by atoms with Crippen molar-refractivity contribution in [3.63, 3.8) is 0 Å². The van der Waals surface area contributed by atoms with Gasteiger partial charge in [-0.3, -0.25) is 0 Å². The third-order valence-corrected chi connectivity index (χ3v) is 11.2. The van der Waals surface area contributed by atoms with Gasteiger partial charge in [-0.25, -0.2) is 0 Å². The second kappa shape index (κ2) is 12.3. The molecule has 6 aromatic carbocycles. The average Bonchev–Trinajstić information content (AvgIpc) is 3.01. The average molecular weight is 587 g/mol. The normalized spacial score (nSPS) is 10.9. The first kappa shape index (κ1) is 26.6. The van der Waals surface area contributed by atoms with Crippen molar-refractivity contribution < 1.29 is 17.0 Å². The first-order chi connectivity index (χ1) is 18.9. The van der Waals surface area contributed by atoms with Crippen molar-refractivity contribution in [3.8, 4) is 0 Å². The Morgan fingerprint density at radius 3 is 0.872 bits per heavy atom. The van der Waals surface area contributed by atoms with E-state index in [-0.39, 0.29) is 17.0 Å². The van der Waals surface area contributed by atoms with E-state index < -0.39 is 7.26 Å². The minimum Gasteiger partial charge on any atom is -1.00 e. The highest BCUT2D eigenvalue weighted by atomic mass is 79.9. The second-order valence-electron chi connectivity index (χ2n) is 9.20. The van der Waals surface area contributed by atoms with E-state index in [1.165, 1.54) is 21.2 Å². The minimum absolute atomic E-state index is 0. The lowest BCUT2D eigenvalue weighted by atomic mass is 10.2. The van der Waals surface area contributed by atoms with E-state index in [2.05, 4.69) is 181 Å². The predicted octanol–water partition coefficient (Wildman–Crippen LogP) is 4.78. The van der Waals surface area contributed by atoms with Crippen molar-refractivity contribution in [3.05, 3.63) is 176 Å². The molecule has 0 heterocycles. The summed E-state index contributed by atoms with van der Waals surface area (Å²) >= 11 is 0. The number of anilines is 3. The van der Waals surface area contributed by atoms with Crippen LogP contribution in [0.3, 0.4) is 0 Å². The molecule has 0 aliphatic carbocycles. The standard InChI is InChI=1S/C36H29NP.BrH/c1-6-16-30(17-7-1)37(31-18-8-2-9-19-31)32-26-28-36(29-27-32)38(33-20-10-3-11-21-33,34-22-12-4-13-23-34)35-24-14-5-15-25-35;/h1-29H;1H/q+1;/p-1. The molecule has 6 aromatic rings. The molecular formula is C36H29BrNP. The fraction of sp³-hybridized carbons (Fsp3) is 0. The SMILES string of the molecule is [Br-].c1ccc(N(c2ccccc2)c2ccc([P+](c3ccccc3)(c3ccccc3)c3ccccc3)cc2)cc1. The Labute approximate surface area is 242 Å². The lowest BCUT2D eigenvalue weighted by Gasteiger charge is -2.29. The molecule has 39 heavy (non-hydrogen) atoms. The number of benzene rings is 6. The van der Waals surface area contributed by atoms with Gasteiger partial charge < -0.3 is 21.9 Å². The van der Waals surface area contributed by atoms with Gasteiger partial charge in [0.15, 0.2) is 0 Å². The number of rotatable bonds is 7. The van der Waals surface area contributed by atoms with E-state index >= 15 is 0 Å². The van der Waals surface area contributed by atoms with E-state index in [0.717, 1.165) is 17.1 Å². The second-order valence-corrected chi connectivity index (χ2v) is 12.6. The monoisotopic (exact) mass is 585 g/mol. The van der Waals surface area contributed by atoms with Gasteiger partial charge >= 0.3 is 0 Å². The van der Waals surface area contributed by atoms with E-state index in [0.29, 0.717) is 0 Å². The molecule has 0 atom stereocenters. The number of halogens is 1. The summed E-state index contributed by atoms with van der Waals surface area (Å²) in [6.45, 7) is 0. The van der Waals surface area contributed by atoms with E-state index in [1.807, 2.05) is 0 Å². The zero-order valence-electron chi connectivity index (χ0n) is 21.5. The largest absolute Gasteiger partial charge is 1.00 e. The number of nitrogens with zero attached hydrogens (tertiary/aromatic N) is 1. The van der Waals surface area contributed by atoms with Gasteiger partial charge in [0.2, 0.25) is 0 Å². The van der Waals surface area contributed by atoms with Gasteiger partial charge in [0.05, 0.1) is 0 Å². The quantitative estimate of drug-likeness (QED) is 0.244. The van der Waals surface area contributed by atoms with Crippen molar-refractivity contribution in [1.82, 2.24) is 0 Å². The molecule has 6 rings (SSSR count). The van der Waals surface area contributed by atoms with Gasteiger partial charge in [-0.1, -0.05) is 91.0 Å². The van der Waals surface area contributed by atoms with Crippen molar-refractivity contribution in [2.24, 2.45) is 0 Å². The Bertz CT molecular complexity index is 1440. The third-order valence-electron chi connectivity index (χ3n) is 6.95. The van der Waals surface area contributed by atoms with Gasteiger partial charge in [0, 0.05) is 17.1 Å². The molecule has 0 N–H and O–H groups in total. The number of hydrogen-bond acceptors (Lipinski definition) is 1. The predicted molar refractivity (Wildman–Crippen MR) is 166 cm³/mol. The van der Waals surface area contributed by atoms with Crippen LogP contribution in [0.15, 0.2) is 176 Å². The Morgan fingerprint density at radius 2 is 0.538 bits per heavy atom.